The number of hydrogen-bond donors (Lipinski definition) is 1. The first kappa shape index (κ1) is 12.3. The van der Waals surface area contributed by atoms with E-state index in [2.05, 4.69) is 15.1 Å². The molecule has 2 rings (SSSR count). The van der Waals surface area contributed by atoms with E-state index in [1.165, 1.54) is 0 Å². The number of carbonyl (C=O) groups is 1. The average Bonchev–Trinajstić information content (AvgIpc) is 2.74. The molecule has 0 spiro atoms. The molecule has 0 radical (unpaired) electrons. The van der Waals surface area contributed by atoms with Crippen LogP contribution in [-0.4, -0.2) is 47.1 Å². The lowest BCUT2D eigenvalue weighted by molar-refractivity contribution is -0.144. The van der Waals surface area contributed by atoms with Gasteiger partial charge in [0.25, 0.3) is 0 Å². The molecule has 0 bridgehead atoms. The Bertz CT molecular complexity index is 388. The minimum atomic E-state index is -0.910. The molecular formula is C10H15N3O3S. The van der Waals surface area contributed by atoms with E-state index >= 15 is 0 Å². The Kier molecular flexibility index (Phi) is 3.90. The van der Waals surface area contributed by atoms with Crippen LogP contribution in [0.15, 0.2) is 0 Å². The minimum absolute atomic E-state index is 0.0522. The molecule has 0 amide bonds. The van der Waals surface area contributed by atoms with Gasteiger partial charge in [-0.3, -0.25) is 0 Å². The topological polar surface area (TPSA) is 75.5 Å². The summed E-state index contributed by atoms with van der Waals surface area (Å²) in [5, 5.41) is 18.5. The molecule has 1 fully saturated rings. The van der Waals surface area contributed by atoms with E-state index in [0.717, 1.165) is 36.1 Å². The van der Waals surface area contributed by atoms with Crippen molar-refractivity contribution in [1.82, 2.24) is 10.2 Å². The van der Waals surface area contributed by atoms with E-state index in [4.69, 9.17) is 9.84 Å². The van der Waals surface area contributed by atoms with E-state index < -0.39 is 5.97 Å². The molecule has 0 aromatic carbocycles. The van der Waals surface area contributed by atoms with Crippen LogP contribution in [0.3, 0.4) is 0 Å². The number of hydrogen-bond acceptors (Lipinski definition) is 6. The molecule has 1 saturated heterocycles. The lowest BCUT2D eigenvalue weighted by Gasteiger charge is -2.30. The zero-order chi connectivity index (χ0) is 12.3. The first-order valence-corrected chi connectivity index (χ1v) is 6.35. The summed E-state index contributed by atoms with van der Waals surface area (Å²) in [6.07, 6.45) is 1.73. The molecule has 17 heavy (non-hydrogen) atoms. The Hall–Kier alpha value is -1.21. The van der Waals surface area contributed by atoms with Gasteiger partial charge in [-0.15, -0.1) is 10.2 Å². The number of anilines is 1. The van der Waals surface area contributed by atoms with Crippen LogP contribution in [0.2, 0.25) is 0 Å². The molecule has 1 aromatic rings. The highest BCUT2D eigenvalue weighted by atomic mass is 32.1. The molecule has 0 unspecified atom stereocenters. The quantitative estimate of drug-likeness (QED) is 0.864. The summed E-state index contributed by atoms with van der Waals surface area (Å²) < 4.78 is 5.27. The number of aromatic nitrogens is 2. The molecule has 1 aliphatic rings. The fourth-order valence-corrected chi connectivity index (χ4v) is 2.56. The van der Waals surface area contributed by atoms with E-state index in [1.807, 2.05) is 6.92 Å². The summed E-state index contributed by atoms with van der Waals surface area (Å²) in [4.78, 5) is 12.6. The van der Waals surface area contributed by atoms with Gasteiger partial charge >= 0.3 is 5.97 Å². The Balaban J connectivity index is 1.80. The number of aryl methyl sites for hydroxylation is 1. The summed E-state index contributed by atoms with van der Waals surface area (Å²) in [7, 11) is 0. The summed E-state index contributed by atoms with van der Waals surface area (Å²) >= 11 is 1.58. The van der Waals surface area contributed by atoms with Crippen LogP contribution >= 0.6 is 11.3 Å². The van der Waals surface area contributed by atoms with E-state index in [1.54, 1.807) is 11.3 Å². The summed E-state index contributed by atoms with van der Waals surface area (Å²) in [6.45, 7) is 3.42. The molecule has 6 nitrogen and oxygen atoms in total. The molecule has 0 saturated carbocycles. The van der Waals surface area contributed by atoms with Crippen molar-refractivity contribution in [1.29, 1.82) is 0 Å². The van der Waals surface area contributed by atoms with Crippen molar-refractivity contribution in [2.24, 2.45) is 0 Å². The second-order valence-corrected chi connectivity index (χ2v) is 5.15. The first-order chi connectivity index (χ1) is 8.15. The Morgan fingerprint density at radius 3 is 2.76 bits per heavy atom. The van der Waals surface area contributed by atoms with Crippen LogP contribution < -0.4 is 4.90 Å². The van der Waals surface area contributed by atoms with Crippen molar-refractivity contribution in [3.63, 3.8) is 0 Å². The molecule has 7 heteroatoms. The predicted octanol–water partition coefficient (Wildman–Crippen LogP) is 0.917. The van der Waals surface area contributed by atoms with Gasteiger partial charge in [0.1, 0.15) is 11.6 Å². The van der Waals surface area contributed by atoms with E-state index in [9.17, 15) is 4.79 Å². The van der Waals surface area contributed by atoms with Gasteiger partial charge in [0.05, 0.1) is 6.10 Å². The highest BCUT2D eigenvalue weighted by molar-refractivity contribution is 7.15. The minimum Gasteiger partial charge on any atom is -0.480 e. The fourth-order valence-electron chi connectivity index (χ4n) is 1.82. The molecular weight excluding hydrogens is 242 g/mol. The van der Waals surface area contributed by atoms with Crippen molar-refractivity contribution in [3.8, 4) is 0 Å². The smallest absolute Gasteiger partial charge is 0.329 e. The van der Waals surface area contributed by atoms with Gasteiger partial charge in [0.2, 0.25) is 5.13 Å². The van der Waals surface area contributed by atoms with Crippen molar-refractivity contribution in [2.75, 3.05) is 24.6 Å². The van der Waals surface area contributed by atoms with Crippen LogP contribution in [-0.2, 0) is 9.53 Å². The second-order valence-electron chi connectivity index (χ2n) is 3.99. The van der Waals surface area contributed by atoms with Gasteiger partial charge in [0, 0.05) is 13.1 Å². The predicted molar refractivity (Wildman–Crippen MR) is 63.5 cm³/mol. The van der Waals surface area contributed by atoms with Crippen LogP contribution in [0.25, 0.3) is 0 Å². The van der Waals surface area contributed by atoms with Gasteiger partial charge in [-0.25, -0.2) is 4.79 Å². The van der Waals surface area contributed by atoms with E-state index in [-0.39, 0.29) is 12.7 Å². The normalized spacial score (nSPS) is 17.4. The molecule has 0 aliphatic carbocycles. The third-order valence-electron chi connectivity index (χ3n) is 2.67. The molecule has 0 atom stereocenters. The second kappa shape index (κ2) is 5.42. The summed E-state index contributed by atoms with van der Waals surface area (Å²) in [6, 6.07) is 0. The number of ether oxygens (including phenoxy) is 1. The fraction of sp³-hybridized carbons (Fsp3) is 0.700. The number of carboxylic acids is 1. The monoisotopic (exact) mass is 257 g/mol. The maximum Gasteiger partial charge on any atom is 0.329 e. The SMILES string of the molecule is Cc1nnc(N2CCC(OCC(=O)O)CC2)s1. The summed E-state index contributed by atoms with van der Waals surface area (Å²) in [5.41, 5.74) is 0. The van der Waals surface area contributed by atoms with Gasteiger partial charge in [0.15, 0.2) is 0 Å². The van der Waals surface area contributed by atoms with Crippen LogP contribution in [0.5, 0.6) is 0 Å². The van der Waals surface area contributed by atoms with Crippen LogP contribution in [0.4, 0.5) is 5.13 Å². The number of carboxylic acid groups (broad SMARTS) is 1. The highest BCUT2D eigenvalue weighted by Crippen LogP contribution is 2.24. The van der Waals surface area contributed by atoms with Crippen molar-refractivity contribution in [2.45, 2.75) is 25.9 Å². The summed E-state index contributed by atoms with van der Waals surface area (Å²) in [5.74, 6) is -0.910. The zero-order valence-corrected chi connectivity index (χ0v) is 10.4. The third kappa shape index (κ3) is 3.37. The largest absolute Gasteiger partial charge is 0.480 e. The Labute approximate surface area is 103 Å². The van der Waals surface area contributed by atoms with Gasteiger partial charge in [-0.2, -0.15) is 0 Å². The lowest BCUT2D eigenvalue weighted by atomic mass is 10.1. The van der Waals surface area contributed by atoms with Crippen LogP contribution in [0.1, 0.15) is 17.8 Å². The standard InChI is InChI=1S/C10H15N3O3S/c1-7-11-12-10(17-7)13-4-2-8(3-5-13)16-6-9(14)15/h8H,2-6H2,1H3,(H,14,15). The van der Waals surface area contributed by atoms with Gasteiger partial charge in [-0.05, 0) is 19.8 Å². The maximum absolute atomic E-state index is 10.4. The number of piperidine rings is 1. The number of nitrogens with zero attached hydrogens (tertiary/aromatic N) is 3. The highest BCUT2D eigenvalue weighted by Gasteiger charge is 2.22. The first-order valence-electron chi connectivity index (χ1n) is 5.53. The Morgan fingerprint density at radius 1 is 1.53 bits per heavy atom. The molecule has 94 valence electrons. The third-order valence-corrected chi connectivity index (χ3v) is 3.57. The average molecular weight is 257 g/mol. The van der Waals surface area contributed by atoms with Gasteiger partial charge < -0.3 is 14.7 Å². The number of aliphatic carboxylic acids is 1. The zero-order valence-electron chi connectivity index (χ0n) is 9.63. The van der Waals surface area contributed by atoms with Crippen molar-refractivity contribution in [3.05, 3.63) is 5.01 Å². The Morgan fingerprint density at radius 2 is 2.24 bits per heavy atom. The van der Waals surface area contributed by atoms with Crippen molar-refractivity contribution < 1.29 is 14.6 Å². The van der Waals surface area contributed by atoms with Crippen molar-refractivity contribution >= 4 is 22.4 Å². The number of rotatable bonds is 4. The molecule has 1 aliphatic heterocycles. The molecule has 1 aromatic heterocycles. The molecule has 1 N–H and O–H groups in total. The molecule has 2 heterocycles. The maximum atomic E-state index is 10.4. The van der Waals surface area contributed by atoms with Gasteiger partial charge in [-0.1, -0.05) is 11.3 Å². The van der Waals surface area contributed by atoms with E-state index in [0.29, 0.717) is 0 Å². The van der Waals surface area contributed by atoms with Crippen LogP contribution in [0, 0.1) is 6.92 Å². The lowest BCUT2D eigenvalue weighted by Crippen LogP contribution is -2.37.